The van der Waals surface area contributed by atoms with E-state index in [1.807, 2.05) is 13.8 Å². The number of hydrogen-bond donors (Lipinski definition) is 3. The largest absolute Gasteiger partial charge is 0.480 e. The van der Waals surface area contributed by atoms with Gasteiger partial charge < -0.3 is 16.2 Å². The lowest BCUT2D eigenvalue weighted by Gasteiger charge is -2.19. The number of carbonyl (C=O) groups excluding carboxylic acids is 1. The van der Waals surface area contributed by atoms with Gasteiger partial charge in [0.1, 0.15) is 6.04 Å². The summed E-state index contributed by atoms with van der Waals surface area (Å²) in [5.74, 6) is -1.24. The van der Waals surface area contributed by atoms with Crippen LogP contribution in [0.2, 0.25) is 0 Å². The van der Waals surface area contributed by atoms with Crippen LogP contribution in [-0.2, 0) is 9.59 Å². The molecule has 5 nitrogen and oxygen atoms in total. The average molecular weight is 214 g/mol. The van der Waals surface area contributed by atoms with Gasteiger partial charge in [-0.2, -0.15) is 0 Å². The van der Waals surface area contributed by atoms with Gasteiger partial charge in [-0.15, -0.1) is 0 Å². The lowest BCUT2D eigenvalue weighted by molar-refractivity contribution is -0.142. The number of hydrogen-bond acceptors (Lipinski definition) is 3. The number of nitrogens with two attached hydrogens (primary N) is 1. The van der Waals surface area contributed by atoms with Gasteiger partial charge in [-0.05, 0) is 24.7 Å². The minimum Gasteiger partial charge on any atom is -0.480 e. The molecular weight excluding hydrogens is 196 g/mol. The third-order valence-corrected chi connectivity index (χ3v) is 2.68. The molecule has 0 aromatic rings. The highest BCUT2D eigenvalue weighted by atomic mass is 16.4. The molecule has 1 saturated carbocycles. The highest BCUT2D eigenvalue weighted by Gasteiger charge is 2.38. The molecule has 0 aliphatic heterocycles. The first-order valence-electron chi connectivity index (χ1n) is 5.22. The van der Waals surface area contributed by atoms with Crippen LogP contribution in [0.25, 0.3) is 0 Å². The summed E-state index contributed by atoms with van der Waals surface area (Å²) in [5.41, 5.74) is 5.62. The van der Waals surface area contributed by atoms with Gasteiger partial charge >= 0.3 is 5.97 Å². The number of aliphatic carboxylic acids is 1. The van der Waals surface area contributed by atoms with Crippen LogP contribution in [0.15, 0.2) is 0 Å². The number of rotatable bonds is 5. The molecule has 4 N–H and O–H groups in total. The minimum atomic E-state index is -0.971. The second kappa shape index (κ2) is 4.61. The predicted octanol–water partition coefficient (Wildman–Crippen LogP) is -0.0509. The van der Waals surface area contributed by atoms with E-state index in [0.29, 0.717) is 0 Å². The van der Waals surface area contributed by atoms with Crippen LogP contribution in [-0.4, -0.2) is 29.1 Å². The first kappa shape index (κ1) is 12.0. The van der Waals surface area contributed by atoms with Crippen molar-refractivity contribution in [3.8, 4) is 0 Å². The summed E-state index contributed by atoms with van der Waals surface area (Å²) < 4.78 is 0. The fraction of sp³-hybridized carbons (Fsp3) is 0.800. The maximum absolute atomic E-state index is 11.5. The fourth-order valence-corrected chi connectivity index (χ4v) is 1.36. The second-order valence-corrected chi connectivity index (χ2v) is 4.43. The van der Waals surface area contributed by atoms with Crippen molar-refractivity contribution in [3.05, 3.63) is 0 Å². The molecule has 1 fully saturated rings. The maximum Gasteiger partial charge on any atom is 0.326 e. The number of carboxylic acids is 1. The van der Waals surface area contributed by atoms with Gasteiger partial charge in [0.25, 0.3) is 0 Å². The minimum absolute atomic E-state index is 0.0126. The van der Waals surface area contributed by atoms with Crippen molar-refractivity contribution in [2.24, 2.45) is 17.6 Å². The van der Waals surface area contributed by atoms with Gasteiger partial charge in [-0.3, -0.25) is 4.79 Å². The van der Waals surface area contributed by atoms with Crippen LogP contribution in [0.4, 0.5) is 0 Å². The first-order chi connectivity index (χ1) is 6.93. The standard InChI is InChI=1S/C10H18N2O3/c1-5(2)7(11)9(13)12-8(10(14)15)6-3-4-6/h5-8H,3-4,11H2,1-2H3,(H,12,13)(H,14,15). The van der Waals surface area contributed by atoms with E-state index in [2.05, 4.69) is 5.32 Å². The molecule has 1 amide bonds. The summed E-state index contributed by atoms with van der Waals surface area (Å²) in [6.07, 6.45) is 1.74. The van der Waals surface area contributed by atoms with E-state index in [9.17, 15) is 9.59 Å². The average Bonchev–Trinajstić information content (AvgIpc) is 2.95. The van der Waals surface area contributed by atoms with Crippen molar-refractivity contribution in [1.82, 2.24) is 5.32 Å². The quantitative estimate of drug-likeness (QED) is 0.598. The highest BCUT2D eigenvalue weighted by molar-refractivity contribution is 5.87. The fourth-order valence-electron chi connectivity index (χ4n) is 1.36. The molecule has 0 bridgehead atoms. The molecule has 86 valence electrons. The molecule has 0 heterocycles. The Morgan fingerprint density at radius 2 is 1.93 bits per heavy atom. The predicted molar refractivity (Wildman–Crippen MR) is 55.1 cm³/mol. The Bertz CT molecular complexity index is 261. The van der Waals surface area contributed by atoms with Crippen molar-refractivity contribution < 1.29 is 14.7 Å². The Kier molecular flexibility index (Phi) is 3.68. The monoisotopic (exact) mass is 214 g/mol. The molecule has 1 rings (SSSR count). The molecule has 0 radical (unpaired) electrons. The van der Waals surface area contributed by atoms with Crippen LogP contribution in [0, 0.1) is 11.8 Å². The van der Waals surface area contributed by atoms with Crippen molar-refractivity contribution in [3.63, 3.8) is 0 Å². The topological polar surface area (TPSA) is 92.4 Å². The Balaban J connectivity index is 2.50. The van der Waals surface area contributed by atoms with Gasteiger partial charge in [0.15, 0.2) is 0 Å². The molecule has 0 aromatic heterocycles. The normalized spacial score (nSPS) is 19.7. The Hall–Kier alpha value is -1.10. The van der Waals surface area contributed by atoms with Gasteiger partial charge in [0.2, 0.25) is 5.91 Å². The van der Waals surface area contributed by atoms with Crippen LogP contribution in [0.5, 0.6) is 0 Å². The molecule has 0 spiro atoms. The molecule has 0 aromatic carbocycles. The summed E-state index contributed by atoms with van der Waals surface area (Å²) >= 11 is 0. The lowest BCUT2D eigenvalue weighted by atomic mass is 10.0. The first-order valence-corrected chi connectivity index (χ1v) is 5.22. The smallest absolute Gasteiger partial charge is 0.326 e. The van der Waals surface area contributed by atoms with Crippen molar-refractivity contribution in [2.45, 2.75) is 38.8 Å². The number of carboxylic acid groups (broad SMARTS) is 1. The molecule has 1 aliphatic rings. The summed E-state index contributed by atoms with van der Waals surface area (Å²) in [4.78, 5) is 22.4. The van der Waals surface area contributed by atoms with Crippen molar-refractivity contribution >= 4 is 11.9 Å². The molecule has 2 unspecified atom stereocenters. The summed E-state index contributed by atoms with van der Waals surface area (Å²) in [7, 11) is 0. The van der Waals surface area contributed by atoms with E-state index < -0.39 is 18.1 Å². The highest BCUT2D eigenvalue weighted by Crippen LogP contribution is 2.32. The Labute approximate surface area is 89.0 Å². The lowest BCUT2D eigenvalue weighted by Crippen LogP contribution is -2.51. The zero-order valence-electron chi connectivity index (χ0n) is 9.06. The molecule has 0 saturated heterocycles. The second-order valence-electron chi connectivity index (χ2n) is 4.43. The molecule has 5 heteroatoms. The third-order valence-electron chi connectivity index (χ3n) is 2.68. The molecule has 15 heavy (non-hydrogen) atoms. The van der Waals surface area contributed by atoms with E-state index in [1.54, 1.807) is 0 Å². The molecule has 1 aliphatic carbocycles. The zero-order valence-corrected chi connectivity index (χ0v) is 9.06. The number of nitrogens with one attached hydrogen (secondary N) is 1. The molecular formula is C10H18N2O3. The van der Waals surface area contributed by atoms with Crippen LogP contribution in [0.3, 0.4) is 0 Å². The van der Waals surface area contributed by atoms with Gasteiger partial charge in [0, 0.05) is 0 Å². The summed E-state index contributed by atoms with van der Waals surface area (Å²) in [6.45, 7) is 3.66. The Morgan fingerprint density at radius 3 is 2.27 bits per heavy atom. The van der Waals surface area contributed by atoms with E-state index in [4.69, 9.17) is 10.8 Å². The van der Waals surface area contributed by atoms with Crippen molar-refractivity contribution in [1.29, 1.82) is 0 Å². The summed E-state index contributed by atoms with van der Waals surface area (Å²) in [5, 5.41) is 11.4. The number of carbonyl (C=O) groups is 2. The van der Waals surface area contributed by atoms with E-state index in [0.717, 1.165) is 12.8 Å². The summed E-state index contributed by atoms with van der Waals surface area (Å²) in [6, 6.07) is -1.40. The third kappa shape index (κ3) is 3.20. The van der Waals surface area contributed by atoms with Crippen LogP contribution >= 0.6 is 0 Å². The SMILES string of the molecule is CC(C)C(N)C(=O)NC(C(=O)O)C1CC1. The van der Waals surface area contributed by atoms with Crippen LogP contribution < -0.4 is 11.1 Å². The van der Waals surface area contributed by atoms with Gasteiger partial charge in [0.05, 0.1) is 6.04 Å². The zero-order chi connectivity index (χ0) is 11.6. The van der Waals surface area contributed by atoms with Crippen molar-refractivity contribution in [2.75, 3.05) is 0 Å². The number of amides is 1. The van der Waals surface area contributed by atoms with Crippen LogP contribution in [0.1, 0.15) is 26.7 Å². The maximum atomic E-state index is 11.5. The van der Waals surface area contributed by atoms with Gasteiger partial charge in [-0.1, -0.05) is 13.8 Å². The van der Waals surface area contributed by atoms with E-state index in [-0.39, 0.29) is 17.7 Å². The van der Waals surface area contributed by atoms with Gasteiger partial charge in [-0.25, -0.2) is 4.79 Å². The van der Waals surface area contributed by atoms with E-state index >= 15 is 0 Å². The molecule has 2 atom stereocenters. The Morgan fingerprint density at radius 1 is 1.40 bits per heavy atom. The van der Waals surface area contributed by atoms with E-state index in [1.165, 1.54) is 0 Å².